The number of esters is 2. The first-order chi connectivity index (χ1) is 13.1. The minimum atomic E-state index is -0.543. The van der Waals surface area contributed by atoms with Crippen LogP contribution in [0, 0.1) is 5.92 Å². The second-order valence-corrected chi connectivity index (χ2v) is 6.55. The van der Waals surface area contributed by atoms with Crippen molar-refractivity contribution in [2.24, 2.45) is 5.92 Å². The molecule has 27 heavy (non-hydrogen) atoms. The first kappa shape index (κ1) is 23.1. The number of hydrogen-bond acceptors (Lipinski definition) is 6. The van der Waals surface area contributed by atoms with Crippen LogP contribution in [0.1, 0.15) is 79.8 Å². The average molecular weight is 379 g/mol. The second-order valence-electron chi connectivity index (χ2n) is 6.55. The van der Waals surface area contributed by atoms with E-state index in [4.69, 9.17) is 14.2 Å². The minimum absolute atomic E-state index is 0.111. The van der Waals surface area contributed by atoms with Gasteiger partial charge < -0.3 is 14.2 Å². The van der Waals surface area contributed by atoms with Crippen LogP contribution in [0.5, 0.6) is 0 Å². The van der Waals surface area contributed by atoms with Crippen LogP contribution in [0.25, 0.3) is 0 Å². The molecule has 1 rings (SSSR count). The van der Waals surface area contributed by atoms with Crippen LogP contribution in [0.15, 0.2) is 18.2 Å². The van der Waals surface area contributed by atoms with E-state index < -0.39 is 11.9 Å². The molecule has 0 saturated heterocycles. The third-order valence-electron chi connectivity index (χ3n) is 4.40. The average Bonchev–Trinajstić information content (AvgIpc) is 2.69. The summed E-state index contributed by atoms with van der Waals surface area (Å²) < 4.78 is 15.5. The van der Waals surface area contributed by atoms with Gasteiger partial charge in [-0.15, -0.1) is 0 Å². The van der Waals surface area contributed by atoms with Gasteiger partial charge in [-0.1, -0.05) is 45.1 Å². The van der Waals surface area contributed by atoms with E-state index in [-0.39, 0.29) is 18.0 Å². The smallest absolute Gasteiger partial charge is 0.356 e. The quantitative estimate of drug-likeness (QED) is 0.352. The molecule has 0 aliphatic heterocycles. The second kappa shape index (κ2) is 14.2. The molecule has 1 aromatic rings. The third kappa shape index (κ3) is 9.52. The number of hydrogen-bond donors (Lipinski definition) is 0. The van der Waals surface area contributed by atoms with E-state index in [1.165, 1.54) is 37.8 Å². The molecule has 0 N–H and O–H groups in total. The van der Waals surface area contributed by atoms with Crippen LogP contribution >= 0.6 is 0 Å². The molecule has 0 spiro atoms. The lowest BCUT2D eigenvalue weighted by atomic mass is 9.95. The first-order valence-electron chi connectivity index (χ1n) is 9.92. The maximum absolute atomic E-state index is 12.2. The Balaban J connectivity index is 2.48. The number of carbonyl (C=O) groups is 2. The Bertz CT molecular complexity index is 561. The molecule has 0 aromatic carbocycles. The van der Waals surface area contributed by atoms with E-state index in [0.29, 0.717) is 12.5 Å². The molecule has 6 heteroatoms. The maximum Gasteiger partial charge on any atom is 0.356 e. The van der Waals surface area contributed by atoms with E-state index in [2.05, 4.69) is 11.9 Å². The molecular formula is C21H33NO5. The van der Waals surface area contributed by atoms with Crippen molar-refractivity contribution < 1.29 is 23.8 Å². The SMILES string of the molecule is CCCCCCC(CCOC)CCOC(=O)c1cccc(C(=O)OCC)n1. The fourth-order valence-corrected chi connectivity index (χ4v) is 2.84. The van der Waals surface area contributed by atoms with Crippen LogP contribution in [-0.4, -0.2) is 43.9 Å². The zero-order valence-electron chi connectivity index (χ0n) is 16.9. The number of rotatable bonds is 14. The Morgan fingerprint density at radius 3 is 2.22 bits per heavy atom. The van der Waals surface area contributed by atoms with Crippen molar-refractivity contribution in [1.29, 1.82) is 0 Å². The highest BCUT2D eigenvalue weighted by Gasteiger charge is 2.15. The van der Waals surface area contributed by atoms with Gasteiger partial charge in [0.05, 0.1) is 13.2 Å². The lowest BCUT2D eigenvalue weighted by Gasteiger charge is -2.16. The van der Waals surface area contributed by atoms with Crippen molar-refractivity contribution in [3.8, 4) is 0 Å². The van der Waals surface area contributed by atoms with Crippen molar-refractivity contribution in [3.05, 3.63) is 29.6 Å². The summed E-state index contributed by atoms with van der Waals surface area (Å²) in [4.78, 5) is 28.0. The molecule has 0 saturated carbocycles. The third-order valence-corrected chi connectivity index (χ3v) is 4.40. The van der Waals surface area contributed by atoms with Gasteiger partial charge >= 0.3 is 11.9 Å². The molecule has 1 heterocycles. The van der Waals surface area contributed by atoms with Gasteiger partial charge in [0.15, 0.2) is 0 Å². The minimum Gasteiger partial charge on any atom is -0.461 e. The Kier molecular flexibility index (Phi) is 12.1. The van der Waals surface area contributed by atoms with Gasteiger partial charge in [-0.2, -0.15) is 0 Å². The van der Waals surface area contributed by atoms with Gasteiger partial charge in [-0.05, 0) is 37.8 Å². The normalized spacial score (nSPS) is 11.8. The zero-order valence-corrected chi connectivity index (χ0v) is 16.9. The van der Waals surface area contributed by atoms with Crippen LogP contribution in [-0.2, 0) is 14.2 Å². The highest BCUT2D eigenvalue weighted by Crippen LogP contribution is 2.18. The Labute approximate surface area is 162 Å². The zero-order chi connectivity index (χ0) is 19.9. The van der Waals surface area contributed by atoms with E-state index in [9.17, 15) is 9.59 Å². The van der Waals surface area contributed by atoms with Crippen LogP contribution < -0.4 is 0 Å². The molecule has 0 bridgehead atoms. The van der Waals surface area contributed by atoms with Crippen LogP contribution in [0.4, 0.5) is 0 Å². The van der Waals surface area contributed by atoms with Gasteiger partial charge in [-0.3, -0.25) is 0 Å². The number of methoxy groups -OCH3 is 1. The molecule has 0 aliphatic carbocycles. The monoisotopic (exact) mass is 379 g/mol. The number of unbranched alkanes of at least 4 members (excludes halogenated alkanes) is 3. The maximum atomic E-state index is 12.2. The number of nitrogens with zero attached hydrogens (tertiary/aromatic N) is 1. The van der Waals surface area contributed by atoms with E-state index in [1.807, 2.05) is 0 Å². The molecule has 0 amide bonds. The number of aromatic nitrogens is 1. The molecule has 0 aliphatic rings. The first-order valence-corrected chi connectivity index (χ1v) is 9.92. The summed E-state index contributed by atoms with van der Waals surface area (Å²) in [5.74, 6) is -0.579. The molecular weight excluding hydrogens is 346 g/mol. The van der Waals surface area contributed by atoms with Crippen molar-refractivity contribution in [3.63, 3.8) is 0 Å². The summed E-state index contributed by atoms with van der Waals surface area (Å²) >= 11 is 0. The summed E-state index contributed by atoms with van der Waals surface area (Å²) in [5.41, 5.74) is 0.233. The lowest BCUT2D eigenvalue weighted by Crippen LogP contribution is -2.15. The van der Waals surface area contributed by atoms with Gasteiger partial charge in [-0.25, -0.2) is 14.6 Å². The van der Waals surface area contributed by atoms with Gasteiger partial charge in [0, 0.05) is 13.7 Å². The molecule has 0 radical (unpaired) electrons. The van der Waals surface area contributed by atoms with E-state index in [0.717, 1.165) is 25.9 Å². The molecule has 0 fully saturated rings. The Morgan fingerprint density at radius 2 is 1.59 bits per heavy atom. The Morgan fingerprint density at radius 1 is 0.926 bits per heavy atom. The Hall–Kier alpha value is -1.95. The molecule has 1 aromatic heterocycles. The number of pyridine rings is 1. The summed E-state index contributed by atoms with van der Waals surface area (Å²) in [6, 6.07) is 4.66. The molecule has 1 unspecified atom stereocenters. The van der Waals surface area contributed by atoms with Crippen molar-refractivity contribution in [2.45, 2.75) is 58.8 Å². The summed E-state index contributed by atoms with van der Waals surface area (Å²) in [5, 5.41) is 0. The van der Waals surface area contributed by atoms with Gasteiger partial charge in [0.2, 0.25) is 0 Å². The molecule has 1 atom stereocenters. The van der Waals surface area contributed by atoms with Gasteiger partial charge in [0.25, 0.3) is 0 Å². The fraction of sp³-hybridized carbons (Fsp3) is 0.667. The number of ether oxygens (including phenoxy) is 3. The predicted molar refractivity (Wildman–Crippen MR) is 104 cm³/mol. The topological polar surface area (TPSA) is 74.7 Å². The summed E-state index contributed by atoms with van der Waals surface area (Å²) in [7, 11) is 1.70. The van der Waals surface area contributed by atoms with Crippen molar-refractivity contribution in [1.82, 2.24) is 4.98 Å². The van der Waals surface area contributed by atoms with Crippen LogP contribution in [0.2, 0.25) is 0 Å². The standard InChI is InChI=1S/C21H33NO5/c1-4-6-7-8-10-17(13-15-25-3)14-16-27-21(24)19-12-9-11-18(22-19)20(23)26-5-2/h9,11-12,17H,4-8,10,13-16H2,1-3H3. The highest BCUT2D eigenvalue weighted by molar-refractivity contribution is 5.91. The summed E-state index contributed by atoms with van der Waals surface area (Å²) in [6.07, 6.45) is 7.81. The molecule has 6 nitrogen and oxygen atoms in total. The predicted octanol–water partition coefficient (Wildman–Crippen LogP) is 4.43. The van der Waals surface area contributed by atoms with Crippen molar-refractivity contribution in [2.75, 3.05) is 26.9 Å². The van der Waals surface area contributed by atoms with E-state index >= 15 is 0 Å². The number of carbonyl (C=O) groups excluding carboxylic acids is 2. The van der Waals surface area contributed by atoms with Gasteiger partial charge in [0.1, 0.15) is 11.4 Å². The fourth-order valence-electron chi connectivity index (χ4n) is 2.84. The lowest BCUT2D eigenvalue weighted by molar-refractivity contribution is 0.0464. The highest BCUT2D eigenvalue weighted by atomic mass is 16.5. The van der Waals surface area contributed by atoms with Crippen molar-refractivity contribution >= 4 is 11.9 Å². The molecule has 152 valence electrons. The summed E-state index contributed by atoms with van der Waals surface area (Å²) in [6.45, 7) is 5.24. The van der Waals surface area contributed by atoms with E-state index in [1.54, 1.807) is 20.1 Å². The van der Waals surface area contributed by atoms with Crippen LogP contribution in [0.3, 0.4) is 0 Å². The largest absolute Gasteiger partial charge is 0.461 e.